The molecule has 1 saturated carbocycles. The van der Waals surface area contributed by atoms with Gasteiger partial charge in [0.1, 0.15) is 6.04 Å². The van der Waals surface area contributed by atoms with E-state index in [1.165, 1.54) is 4.90 Å². The maximum Gasteiger partial charge on any atom is 0.326 e. The van der Waals surface area contributed by atoms with Crippen molar-refractivity contribution in [2.24, 2.45) is 0 Å². The summed E-state index contributed by atoms with van der Waals surface area (Å²) >= 11 is 0. The van der Waals surface area contributed by atoms with Crippen molar-refractivity contribution < 1.29 is 19.8 Å². The summed E-state index contributed by atoms with van der Waals surface area (Å²) in [5, 5.41) is 21.6. The van der Waals surface area contributed by atoms with Crippen molar-refractivity contribution in [2.45, 2.75) is 43.9 Å². The molecular weight excluding hydrogens is 224 g/mol. The Morgan fingerprint density at radius 2 is 2.06 bits per heavy atom. The molecule has 1 unspecified atom stereocenters. The highest BCUT2D eigenvalue weighted by atomic mass is 16.4. The van der Waals surface area contributed by atoms with Crippen LogP contribution in [0, 0.1) is 0 Å². The highest BCUT2D eigenvalue weighted by Gasteiger charge is 2.38. The van der Waals surface area contributed by atoms with Gasteiger partial charge in [-0.2, -0.15) is 0 Å². The van der Waals surface area contributed by atoms with E-state index in [2.05, 4.69) is 5.32 Å². The highest BCUT2D eigenvalue weighted by molar-refractivity contribution is 5.84. The summed E-state index contributed by atoms with van der Waals surface area (Å²) in [4.78, 5) is 24.0. The largest absolute Gasteiger partial charge is 0.480 e. The molecule has 0 bridgehead atoms. The number of carbonyl (C=O) groups is 2. The standard InChI is InChI=1S/C11H18N2O4/c14-8-5-9(11(16)17)13(6-8)10(15)3-4-12-7-1-2-7/h7-9,12,14H,1-6H2,(H,16,17)/t8?,9-/m0/s1. The van der Waals surface area contributed by atoms with E-state index in [1.54, 1.807) is 0 Å². The van der Waals surface area contributed by atoms with Gasteiger partial charge in [-0.1, -0.05) is 0 Å². The highest BCUT2D eigenvalue weighted by Crippen LogP contribution is 2.20. The predicted molar refractivity (Wildman–Crippen MR) is 59.4 cm³/mol. The molecule has 1 heterocycles. The summed E-state index contributed by atoms with van der Waals surface area (Å²) in [6.07, 6.45) is 2.05. The van der Waals surface area contributed by atoms with Gasteiger partial charge in [-0.3, -0.25) is 4.79 Å². The molecule has 96 valence electrons. The molecule has 0 aromatic rings. The third-order valence-corrected chi connectivity index (χ3v) is 3.23. The summed E-state index contributed by atoms with van der Waals surface area (Å²) in [5.41, 5.74) is 0. The van der Waals surface area contributed by atoms with Gasteiger partial charge in [0.2, 0.25) is 5.91 Å². The molecule has 0 aromatic heterocycles. The summed E-state index contributed by atoms with van der Waals surface area (Å²) in [5.74, 6) is -1.23. The van der Waals surface area contributed by atoms with Crippen LogP contribution in [0.25, 0.3) is 0 Å². The van der Waals surface area contributed by atoms with Gasteiger partial charge in [-0.25, -0.2) is 4.79 Å². The SMILES string of the molecule is O=C(O)[C@@H]1CC(O)CN1C(=O)CCNC1CC1. The summed E-state index contributed by atoms with van der Waals surface area (Å²) in [6, 6.07) is -0.319. The fraction of sp³-hybridized carbons (Fsp3) is 0.818. The first-order chi connectivity index (χ1) is 8.08. The van der Waals surface area contributed by atoms with E-state index in [9.17, 15) is 14.7 Å². The number of carbonyl (C=O) groups excluding carboxylic acids is 1. The topological polar surface area (TPSA) is 89.9 Å². The summed E-state index contributed by atoms with van der Waals surface area (Å²) in [7, 11) is 0. The van der Waals surface area contributed by atoms with Gasteiger partial charge in [-0.05, 0) is 12.8 Å². The number of nitrogens with zero attached hydrogens (tertiary/aromatic N) is 1. The lowest BCUT2D eigenvalue weighted by molar-refractivity contribution is -0.148. The van der Waals surface area contributed by atoms with Crippen LogP contribution in [0.2, 0.25) is 0 Å². The van der Waals surface area contributed by atoms with Gasteiger partial charge in [0.15, 0.2) is 0 Å². The number of carboxylic acids is 1. The van der Waals surface area contributed by atoms with Gasteiger partial charge < -0.3 is 20.4 Å². The van der Waals surface area contributed by atoms with Crippen molar-refractivity contribution in [1.29, 1.82) is 0 Å². The van der Waals surface area contributed by atoms with E-state index in [1.807, 2.05) is 0 Å². The average molecular weight is 242 g/mol. The van der Waals surface area contributed by atoms with Crippen LogP contribution in [0.4, 0.5) is 0 Å². The number of aliphatic hydroxyl groups is 1. The first-order valence-corrected chi connectivity index (χ1v) is 6.01. The molecule has 3 N–H and O–H groups in total. The third-order valence-electron chi connectivity index (χ3n) is 3.23. The van der Waals surface area contributed by atoms with Crippen molar-refractivity contribution in [3.05, 3.63) is 0 Å². The second-order valence-electron chi connectivity index (χ2n) is 4.77. The molecule has 2 fully saturated rings. The molecule has 2 aliphatic rings. The van der Waals surface area contributed by atoms with Crippen molar-refractivity contribution in [3.63, 3.8) is 0 Å². The average Bonchev–Trinajstić information content (AvgIpc) is 2.99. The monoisotopic (exact) mass is 242 g/mol. The van der Waals surface area contributed by atoms with Crippen LogP contribution in [0.5, 0.6) is 0 Å². The van der Waals surface area contributed by atoms with Crippen LogP contribution in [0.3, 0.4) is 0 Å². The Bertz CT molecular complexity index is 317. The minimum absolute atomic E-state index is 0.136. The summed E-state index contributed by atoms with van der Waals surface area (Å²) < 4.78 is 0. The molecule has 6 nitrogen and oxygen atoms in total. The number of amides is 1. The smallest absolute Gasteiger partial charge is 0.326 e. The number of hydrogen-bond acceptors (Lipinski definition) is 4. The van der Waals surface area contributed by atoms with Gasteiger partial charge in [0.25, 0.3) is 0 Å². The number of aliphatic hydroxyl groups excluding tert-OH is 1. The second-order valence-corrected chi connectivity index (χ2v) is 4.77. The molecule has 1 amide bonds. The first kappa shape index (κ1) is 12.3. The maximum absolute atomic E-state index is 11.8. The zero-order chi connectivity index (χ0) is 12.4. The van der Waals surface area contributed by atoms with Gasteiger partial charge in [-0.15, -0.1) is 0 Å². The van der Waals surface area contributed by atoms with Crippen LogP contribution < -0.4 is 5.32 Å². The number of likely N-dealkylation sites (tertiary alicyclic amines) is 1. The molecule has 2 atom stereocenters. The summed E-state index contributed by atoms with van der Waals surface area (Å²) in [6.45, 7) is 0.724. The fourth-order valence-corrected chi connectivity index (χ4v) is 2.14. The number of rotatable bonds is 5. The van der Waals surface area contributed by atoms with Crippen LogP contribution in [-0.4, -0.2) is 58.3 Å². The number of β-amino-alcohol motifs (C(OH)–C–C–N with tert-alkyl or cyclic N) is 1. The molecule has 0 aromatic carbocycles. The quantitative estimate of drug-likeness (QED) is 0.586. The van der Waals surface area contributed by atoms with E-state index in [0.29, 0.717) is 19.0 Å². The number of hydrogen-bond donors (Lipinski definition) is 3. The van der Waals surface area contributed by atoms with E-state index < -0.39 is 18.1 Å². The van der Waals surface area contributed by atoms with E-state index in [0.717, 1.165) is 12.8 Å². The fourth-order valence-electron chi connectivity index (χ4n) is 2.14. The Kier molecular flexibility index (Phi) is 3.63. The van der Waals surface area contributed by atoms with Crippen LogP contribution in [0.15, 0.2) is 0 Å². The minimum Gasteiger partial charge on any atom is -0.480 e. The van der Waals surface area contributed by atoms with Crippen molar-refractivity contribution in [2.75, 3.05) is 13.1 Å². The number of carboxylic acid groups (broad SMARTS) is 1. The lowest BCUT2D eigenvalue weighted by Crippen LogP contribution is -2.41. The molecular formula is C11H18N2O4. The normalized spacial score (nSPS) is 28.4. The second kappa shape index (κ2) is 5.01. The van der Waals surface area contributed by atoms with Gasteiger partial charge >= 0.3 is 5.97 Å². The van der Waals surface area contributed by atoms with Crippen molar-refractivity contribution in [3.8, 4) is 0 Å². The Labute approximate surface area is 99.6 Å². The van der Waals surface area contributed by atoms with E-state index in [4.69, 9.17) is 5.11 Å². The van der Waals surface area contributed by atoms with Crippen molar-refractivity contribution >= 4 is 11.9 Å². The molecule has 1 aliphatic carbocycles. The zero-order valence-electron chi connectivity index (χ0n) is 9.63. The maximum atomic E-state index is 11.8. The van der Waals surface area contributed by atoms with Crippen LogP contribution in [0.1, 0.15) is 25.7 Å². The van der Waals surface area contributed by atoms with Crippen LogP contribution >= 0.6 is 0 Å². The zero-order valence-corrected chi connectivity index (χ0v) is 9.63. The molecule has 1 aliphatic heterocycles. The van der Waals surface area contributed by atoms with Gasteiger partial charge in [0.05, 0.1) is 6.10 Å². The molecule has 6 heteroatoms. The molecule has 2 rings (SSSR count). The molecule has 0 spiro atoms. The predicted octanol–water partition coefficient (Wildman–Crippen LogP) is -0.825. The Hall–Kier alpha value is -1.14. The van der Waals surface area contributed by atoms with Crippen LogP contribution in [-0.2, 0) is 9.59 Å². The van der Waals surface area contributed by atoms with E-state index in [-0.39, 0.29) is 18.9 Å². The molecule has 0 radical (unpaired) electrons. The number of aliphatic carboxylic acids is 1. The number of nitrogens with one attached hydrogen (secondary N) is 1. The molecule has 17 heavy (non-hydrogen) atoms. The minimum atomic E-state index is -1.04. The molecule has 1 saturated heterocycles. The Morgan fingerprint density at radius 1 is 1.35 bits per heavy atom. The van der Waals surface area contributed by atoms with Gasteiger partial charge in [0, 0.05) is 32.0 Å². The lowest BCUT2D eigenvalue weighted by Gasteiger charge is -2.21. The Balaban J connectivity index is 1.81. The van der Waals surface area contributed by atoms with E-state index >= 15 is 0 Å². The third kappa shape index (κ3) is 3.17. The van der Waals surface area contributed by atoms with Crippen molar-refractivity contribution in [1.82, 2.24) is 10.2 Å². The lowest BCUT2D eigenvalue weighted by atomic mass is 10.2. The Morgan fingerprint density at radius 3 is 2.65 bits per heavy atom. The first-order valence-electron chi connectivity index (χ1n) is 6.01.